The number of carbonyl (C=O) groups excluding carboxylic acids is 1. The Morgan fingerprint density at radius 2 is 1.91 bits per heavy atom. The number of nitrogens with zero attached hydrogens (tertiary/aromatic N) is 2. The molecule has 1 aliphatic heterocycles. The Morgan fingerprint density at radius 3 is 2.66 bits per heavy atom. The smallest absolute Gasteiger partial charge is 0.326 e. The molecule has 4 fully saturated rings. The molecule has 5 aliphatic rings. The largest absolute Gasteiger partial charge is 0.480 e. The molecule has 0 spiro atoms. The maximum absolute atomic E-state index is 12.5. The first-order valence-corrected chi connectivity index (χ1v) is 13.0. The van der Waals surface area contributed by atoms with Crippen molar-refractivity contribution in [2.24, 2.45) is 33.7 Å². The summed E-state index contributed by atoms with van der Waals surface area (Å²) in [5, 5.41) is 34.3. The molecular weight excluding hydrogens is 448 g/mol. The molecule has 3 saturated carbocycles. The van der Waals surface area contributed by atoms with Gasteiger partial charge in [0.05, 0.1) is 11.7 Å². The average molecular weight is 487 g/mol. The molecule has 0 aromatic rings. The number of rotatable bonds is 4. The summed E-state index contributed by atoms with van der Waals surface area (Å²) in [5.74, 6) is 0.101. The van der Waals surface area contributed by atoms with Crippen LogP contribution >= 0.6 is 0 Å². The van der Waals surface area contributed by atoms with Crippen molar-refractivity contribution in [3.8, 4) is 0 Å². The maximum atomic E-state index is 12.5. The van der Waals surface area contributed by atoms with Crippen LogP contribution in [0.4, 0.5) is 0 Å². The molecule has 3 N–H and O–H groups in total. The summed E-state index contributed by atoms with van der Waals surface area (Å²) < 4.78 is 0. The number of β-amino-alcohol motifs (C(OH)–C–C–N with tert-alkyl or cyclic N) is 1. The molecule has 5 rings (SSSR count). The summed E-state index contributed by atoms with van der Waals surface area (Å²) in [5.41, 5.74) is 1.39. The number of aliphatic hydroxyl groups excluding tert-OH is 1. The first-order valence-electron chi connectivity index (χ1n) is 13.0. The van der Waals surface area contributed by atoms with Crippen molar-refractivity contribution in [3.63, 3.8) is 0 Å². The van der Waals surface area contributed by atoms with Crippen LogP contribution in [0, 0.1) is 28.6 Å². The van der Waals surface area contributed by atoms with Crippen molar-refractivity contribution in [1.82, 2.24) is 4.90 Å². The third-order valence-corrected chi connectivity index (χ3v) is 10.4. The van der Waals surface area contributed by atoms with Gasteiger partial charge in [0.1, 0.15) is 11.8 Å². The quantitative estimate of drug-likeness (QED) is 0.526. The van der Waals surface area contributed by atoms with E-state index in [-0.39, 0.29) is 30.4 Å². The Labute approximate surface area is 206 Å². The highest BCUT2D eigenvalue weighted by Crippen LogP contribution is 2.66. The Balaban J connectivity index is 1.25. The number of likely N-dealkylation sites (tertiary alicyclic amines) is 1. The van der Waals surface area contributed by atoms with Crippen LogP contribution < -0.4 is 0 Å². The van der Waals surface area contributed by atoms with E-state index in [0.717, 1.165) is 43.4 Å². The highest BCUT2D eigenvalue weighted by Gasteiger charge is 2.62. The molecule has 0 radical (unpaired) electrons. The molecule has 1 heterocycles. The molecule has 8 atom stereocenters. The van der Waals surface area contributed by atoms with E-state index in [2.05, 4.69) is 31.2 Å². The fraction of sp³-hybridized carbons (Fsp3) is 0.741. The van der Waals surface area contributed by atoms with Crippen molar-refractivity contribution in [1.29, 1.82) is 0 Å². The number of aliphatic carboxylic acids is 1. The van der Waals surface area contributed by atoms with E-state index in [0.29, 0.717) is 23.5 Å². The fourth-order valence-electron chi connectivity index (χ4n) is 8.08. The second kappa shape index (κ2) is 8.44. The van der Waals surface area contributed by atoms with Crippen LogP contribution in [0.3, 0.4) is 0 Å². The SMILES string of the molecule is C[C@]12C=C/C(=N\OCC(=O)N3C[C@@H](O)C[C@@H]3C(=O)O)C=C1CC[C@@H]1[C@@H]2CC[C@@]2(C)[C@H]1CC[C@]2(C)O. The number of carboxylic acid groups (broad SMARTS) is 1. The van der Waals surface area contributed by atoms with Crippen LogP contribution in [-0.2, 0) is 14.4 Å². The molecule has 4 aliphatic carbocycles. The number of hydrogen-bond donors (Lipinski definition) is 3. The summed E-state index contributed by atoms with van der Waals surface area (Å²) >= 11 is 0. The van der Waals surface area contributed by atoms with Gasteiger partial charge >= 0.3 is 5.97 Å². The van der Waals surface area contributed by atoms with Gasteiger partial charge in [-0.25, -0.2) is 4.79 Å². The van der Waals surface area contributed by atoms with E-state index in [9.17, 15) is 24.9 Å². The van der Waals surface area contributed by atoms with Crippen molar-refractivity contribution in [3.05, 3.63) is 23.8 Å². The molecule has 192 valence electrons. The minimum Gasteiger partial charge on any atom is -0.480 e. The van der Waals surface area contributed by atoms with E-state index in [1.54, 1.807) is 0 Å². The first kappa shape index (κ1) is 24.5. The Hall–Kier alpha value is -2.19. The minimum absolute atomic E-state index is 0.00214. The maximum Gasteiger partial charge on any atom is 0.326 e. The third kappa shape index (κ3) is 3.84. The fourth-order valence-corrected chi connectivity index (χ4v) is 8.08. The molecule has 1 saturated heterocycles. The Morgan fingerprint density at radius 1 is 1.17 bits per heavy atom. The number of carboxylic acids is 1. The van der Waals surface area contributed by atoms with Gasteiger partial charge in [-0.15, -0.1) is 0 Å². The first-order chi connectivity index (χ1) is 16.5. The molecule has 0 unspecified atom stereocenters. The number of allylic oxidation sites excluding steroid dienone is 4. The van der Waals surface area contributed by atoms with Gasteiger partial charge < -0.3 is 25.1 Å². The van der Waals surface area contributed by atoms with Crippen molar-refractivity contribution >= 4 is 17.6 Å². The molecule has 8 heteroatoms. The summed E-state index contributed by atoms with van der Waals surface area (Å²) in [7, 11) is 0. The van der Waals surface area contributed by atoms with Gasteiger partial charge in [-0.2, -0.15) is 0 Å². The highest BCUT2D eigenvalue weighted by molar-refractivity contribution is 6.05. The van der Waals surface area contributed by atoms with Crippen molar-refractivity contribution in [2.45, 2.75) is 83.5 Å². The molecule has 0 aromatic heterocycles. The van der Waals surface area contributed by atoms with Crippen LogP contribution in [0.2, 0.25) is 0 Å². The Bertz CT molecular complexity index is 1000. The number of aliphatic hydroxyl groups is 2. The number of hydrogen-bond acceptors (Lipinski definition) is 6. The number of carbonyl (C=O) groups is 2. The van der Waals surface area contributed by atoms with E-state index in [1.807, 2.05) is 13.0 Å². The van der Waals surface area contributed by atoms with E-state index < -0.39 is 29.6 Å². The molecular formula is C27H38N2O6. The lowest BCUT2D eigenvalue weighted by molar-refractivity contribution is -0.150. The van der Waals surface area contributed by atoms with Gasteiger partial charge in [-0.3, -0.25) is 4.79 Å². The van der Waals surface area contributed by atoms with Crippen LogP contribution in [0.25, 0.3) is 0 Å². The van der Waals surface area contributed by atoms with Gasteiger partial charge in [0.15, 0.2) is 6.61 Å². The number of fused-ring (bicyclic) bond motifs is 5. The highest BCUT2D eigenvalue weighted by atomic mass is 16.6. The summed E-state index contributed by atoms with van der Waals surface area (Å²) in [6.45, 7) is 6.30. The topological polar surface area (TPSA) is 120 Å². The summed E-state index contributed by atoms with van der Waals surface area (Å²) in [6.07, 6.45) is 11.8. The molecule has 0 aromatic carbocycles. The van der Waals surface area contributed by atoms with E-state index in [4.69, 9.17) is 4.84 Å². The van der Waals surface area contributed by atoms with E-state index >= 15 is 0 Å². The second-order valence-electron chi connectivity index (χ2n) is 12.0. The average Bonchev–Trinajstić information content (AvgIpc) is 3.31. The molecule has 1 amide bonds. The molecule has 8 nitrogen and oxygen atoms in total. The number of amides is 1. The normalized spacial score (nSPS) is 45.5. The molecule has 35 heavy (non-hydrogen) atoms. The van der Waals surface area contributed by atoms with Gasteiger partial charge in [0.25, 0.3) is 5.91 Å². The van der Waals surface area contributed by atoms with Crippen LogP contribution in [0.5, 0.6) is 0 Å². The standard InChI is InChI=1S/C27H38N2O6/c1-25-9-6-17(28-35-15-23(31)29-14-18(30)13-22(29)24(32)33)12-16(25)4-5-19-20(25)7-10-26(2)21(19)8-11-27(26,3)34/h6,9,12,18-22,30,34H,4-5,7-8,10-11,13-15H2,1-3H3,(H,32,33)/b28-17+/t18-,19+,20-,21-,22+,25-,26-,27-/m0/s1. The lowest BCUT2D eigenvalue weighted by Crippen LogP contribution is -2.53. The summed E-state index contributed by atoms with van der Waals surface area (Å²) in [6, 6.07) is -1.03. The predicted molar refractivity (Wildman–Crippen MR) is 129 cm³/mol. The lowest BCUT2D eigenvalue weighted by atomic mass is 9.47. The number of oxime groups is 1. The van der Waals surface area contributed by atoms with Crippen molar-refractivity contribution < 1.29 is 29.7 Å². The van der Waals surface area contributed by atoms with Crippen LogP contribution in [0.1, 0.15) is 65.7 Å². The Kier molecular flexibility index (Phi) is 5.91. The zero-order chi connectivity index (χ0) is 25.2. The van der Waals surface area contributed by atoms with Gasteiger partial charge in [-0.1, -0.05) is 30.7 Å². The second-order valence-corrected chi connectivity index (χ2v) is 12.0. The van der Waals surface area contributed by atoms with Gasteiger partial charge in [-0.05, 0) is 80.8 Å². The zero-order valence-electron chi connectivity index (χ0n) is 20.9. The lowest BCUT2D eigenvalue weighted by Gasteiger charge is -2.58. The molecule has 0 bridgehead atoms. The monoisotopic (exact) mass is 486 g/mol. The summed E-state index contributed by atoms with van der Waals surface area (Å²) in [4.78, 5) is 30.3. The van der Waals surface area contributed by atoms with Crippen LogP contribution in [-0.4, -0.2) is 68.7 Å². The van der Waals surface area contributed by atoms with Gasteiger partial charge in [0.2, 0.25) is 0 Å². The predicted octanol–water partition coefficient (Wildman–Crippen LogP) is 2.90. The van der Waals surface area contributed by atoms with E-state index in [1.165, 1.54) is 5.57 Å². The van der Waals surface area contributed by atoms with Crippen molar-refractivity contribution in [2.75, 3.05) is 13.2 Å². The van der Waals surface area contributed by atoms with Gasteiger partial charge in [0, 0.05) is 18.4 Å². The zero-order valence-corrected chi connectivity index (χ0v) is 20.9. The van der Waals surface area contributed by atoms with Crippen LogP contribution in [0.15, 0.2) is 29.0 Å². The minimum atomic E-state index is -1.12. The third-order valence-electron chi connectivity index (χ3n) is 10.4.